The third kappa shape index (κ3) is 4.17. The maximum Gasteiger partial charge on any atom is 0.261 e. The van der Waals surface area contributed by atoms with E-state index in [1.54, 1.807) is 19.1 Å². The highest BCUT2D eigenvalue weighted by atomic mass is 19.1. The number of ether oxygens (including phenoxy) is 2. The number of nitrogens with one attached hydrogen (secondary N) is 2. The van der Waals surface area contributed by atoms with Crippen LogP contribution in [0.3, 0.4) is 0 Å². The van der Waals surface area contributed by atoms with Gasteiger partial charge in [0.1, 0.15) is 6.33 Å². The van der Waals surface area contributed by atoms with Crippen LogP contribution in [0.5, 0.6) is 11.6 Å². The first kappa shape index (κ1) is 21.1. The summed E-state index contributed by atoms with van der Waals surface area (Å²) in [4.78, 5) is 12.6. The van der Waals surface area contributed by atoms with E-state index in [0.29, 0.717) is 24.6 Å². The Bertz CT molecular complexity index is 1300. The maximum atomic E-state index is 15.0. The molecule has 2 aromatic heterocycles. The molecule has 0 spiro atoms. The summed E-state index contributed by atoms with van der Waals surface area (Å²) in [5.41, 5.74) is 2.23. The molecule has 0 aliphatic carbocycles. The van der Waals surface area contributed by atoms with Gasteiger partial charge in [-0.2, -0.15) is 9.37 Å². The van der Waals surface area contributed by atoms with Gasteiger partial charge in [-0.1, -0.05) is 0 Å². The van der Waals surface area contributed by atoms with Crippen molar-refractivity contribution < 1.29 is 22.6 Å². The molecular weight excluding hydrogens is 435 g/mol. The van der Waals surface area contributed by atoms with Gasteiger partial charge in [0.2, 0.25) is 5.82 Å². The number of aromatic nitrogens is 3. The van der Waals surface area contributed by atoms with Crippen molar-refractivity contribution in [2.75, 3.05) is 36.5 Å². The van der Waals surface area contributed by atoms with Gasteiger partial charge in [0, 0.05) is 41.6 Å². The quantitative estimate of drug-likeness (QED) is 0.438. The standard InChI is InChI=1S/C23H20F3N5O2/c1-13-10-16-19(25)18(11-17(24)21(16)29-13)33-23-20(26)22(27-12-28-23)30-14-2-4-15(5-3-14)31-6-8-32-9-7-31/h2-5,10-12,29H,6-9H2,1H3,(H,27,28,30). The number of rotatable bonds is 5. The Morgan fingerprint density at radius 3 is 2.55 bits per heavy atom. The maximum absolute atomic E-state index is 15.0. The van der Waals surface area contributed by atoms with E-state index >= 15 is 4.39 Å². The van der Waals surface area contributed by atoms with Crippen LogP contribution in [0.15, 0.2) is 42.7 Å². The average molecular weight is 455 g/mol. The molecule has 0 saturated carbocycles. The summed E-state index contributed by atoms with van der Waals surface area (Å²) in [7, 11) is 0. The topological polar surface area (TPSA) is 75.3 Å². The van der Waals surface area contributed by atoms with Gasteiger partial charge in [0.25, 0.3) is 5.88 Å². The van der Waals surface area contributed by atoms with E-state index in [1.165, 1.54) is 6.07 Å². The lowest BCUT2D eigenvalue weighted by Crippen LogP contribution is -2.36. The number of hydrogen-bond acceptors (Lipinski definition) is 6. The molecule has 33 heavy (non-hydrogen) atoms. The second kappa shape index (κ2) is 8.62. The number of nitrogens with zero attached hydrogens (tertiary/aromatic N) is 3. The predicted molar refractivity (Wildman–Crippen MR) is 118 cm³/mol. The summed E-state index contributed by atoms with van der Waals surface area (Å²) in [6.45, 7) is 4.64. The van der Waals surface area contributed by atoms with Crippen LogP contribution in [0.2, 0.25) is 0 Å². The molecule has 2 N–H and O–H groups in total. The largest absolute Gasteiger partial charge is 0.433 e. The number of aryl methyl sites for hydroxylation is 1. The van der Waals surface area contributed by atoms with Crippen LogP contribution in [0.25, 0.3) is 10.9 Å². The molecule has 5 rings (SSSR count). The Kier molecular flexibility index (Phi) is 5.51. The van der Waals surface area contributed by atoms with Crippen LogP contribution in [-0.4, -0.2) is 41.3 Å². The molecule has 7 nitrogen and oxygen atoms in total. The van der Waals surface area contributed by atoms with Crippen molar-refractivity contribution in [1.29, 1.82) is 0 Å². The highest BCUT2D eigenvalue weighted by Crippen LogP contribution is 2.34. The first-order chi connectivity index (χ1) is 16.0. The van der Waals surface area contributed by atoms with Gasteiger partial charge < -0.3 is 24.7 Å². The van der Waals surface area contributed by atoms with Gasteiger partial charge in [0.05, 0.1) is 18.7 Å². The van der Waals surface area contributed by atoms with Gasteiger partial charge in [-0.3, -0.25) is 0 Å². The first-order valence-corrected chi connectivity index (χ1v) is 10.3. The number of aromatic amines is 1. The first-order valence-electron chi connectivity index (χ1n) is 10.3. The number of fused-ring (bicyclic) bond motifs is 1. The van der Waals surface area contributed by atoms with E-state index in [1.807, 2.05) is 12.1 Å². The fraction of sp³-hybridized carbons (Fsp3) is 0.217. The second-order valence-electron chi connectivity index (χ2n) is 7.63. The molecule has 3 heterocycles. The minimum atomic E-state index is -0.931. The molecule has 10 heteroatoms. The van der Waals surface area contributed by atoms with Gasteiger partial charge in [-0.25, -0.2) is 13.8 Å². The molecule has 0 atom stereocenters. The SMILES string of the molecule is Cc1cc2c(F)c(Oc3ncnc(Nc4ccc(N5CCOCC5)cc4)c3F)cc(F)c2[nH]1. The lowest BCUT2D eigenvalue weighted by atomic mass is 10.2. The Morgan fingerprint density at radius 1 is 1.03 bits per heavy atom. The number of H-pyrrole nitrogens is 1. The zero-order valence-corrected chi connectivity index (χ0v) is 17.7. The van der Waals surface area contributed by atoms with E-state index in [-0.39, 0.29) is 16.7 Å². The smallest absolute Gasteiger partial charge is 0.261 e. The van der Waals surface area contributed by atoms with Crippen molar-refractivity contribution in [2.24, 2.45) is 0 Å². The molecular formula is C23H20F3N5O2. The Labute approximate surface area is 187 Å². The minimum Gasteiger partial charge on any atom is -0.433 e. The number of halogens is 3. The zero-order chi connectivity index (χ0) is 22.9. The summed E-state index contributed by atoms with van der Waals surface area (Å²) in [6.07, 6.45) is 1.08. The number of hydrogen-bond donors (Lipinski definition) is 2. The van der Waals surface area contributed by atoms with Crippen molar-refractivity contribution in [3.8, 4) is 11.6 Å². The normalized spacial score (nSPS) is 14.0. The minimum absolute atomic E-state index is 0.00988. The summed E-state index contributed by atoms with van der Waals surface area (Å²) in [5.74, 6) is -3.62. The van der Waals surface area contributed by atoms with Crippen LogP contribution in [0, 0.1) is 24.4 Å². The zero-order valence-electron chi connectivity index (χ0n) is 17.7. The Hall–Kier alpha value is -3.79. The van der Waals surface area contributed by atoms with E-state index in [0.717, 1.165) is 31.2 Å². The summed E-state index contributed by atoms with van der Waals surface area (Å²) < 4.78 is 54.8. The van der Waals surface area contributed by atoms with Crippen LogP contribution in [-0.2, 0) is 4.74 Å². The van der Waals surface area contributed by atoms with Crippen molar-refractivity contribution in [3.63, 3.8) is 0 Å². The van der Waals surface area contributed by atoms with Gasteiger partial charge in [-0.15, -0.1) is 0 Å². The van der Waals surface area contributed by atoms with E-state index in [9.17, 15) is 8.78 Å². The van der Waals surface area contributed by atoms with Crippen molar-refractivity contribution in [3.05, 3.63) is 65.9 Å². The molecule has 2 aromatic carbocycles. The lowest BCUT2D eigenvalue weighted by molar-refractivity contribution is 0.122. The van der Waals surface area contributed by atoms with Gasteiger partial charge in [0.15, 0.2) is 23.2 Å². The number of anilines is 3. The molecule has 170 valence electrons. The number of benzene rings is 2. The van der Waals surface area contributed by atoms with E-state index < -0.39 is 29.1 Å². The van der Waals surface area contributed by atoms with Crippen molar-refractivity contribution in [1.82, 2.24) is 15.0 Å². The van der Waals surface area contributed by atoms with Crippen molar-refractivity contribution >= 4 is 28.1 Å². The summed E-state index contributed by atoms with van der Waals surface area (Å²) in [6, 6.07) is 9.72. The van der Waals surface area contributed by atoms with Crippen molar-refractivity contribution in [2.45, 2.75) is 6.92 Å². The van der Waals surface area contributed by atoms with Crippen LogP contribution >= 0.6 is 0 Å². The molecule has 1 fully saturated rings. The molecule has 0 unspecified atom stereocenters. The van der Waals surface area contributed by atoms with Crippen LogP contribution < -0.4 is 15.0 Å². The summed E-state index contributed by atoms with van der Waals surface area (Å²) in [5, 5.41) is 2.88. The molecule has 4 aromatic rings. The third-order valence-corrected chi connectivity index (χ3v) is 5.37. The fourth-order valence-corrected chi connectivity index (χ4v) is 3.74. The summed E-state index contributed by atoms with van der Waals surface area (Å²) >= 11 is 0. The molecule has 0 radical (unpaired) electrons. The molecule has 1 aliphatic rings. The second-order valence-corrected chi connectivity index (χ2v) is 7.63. The molecule has 0 amide bonds. The molecule has 1 aliphatic heterocycles. The lowest BCUT2D eigenvalue weighted by Gasteiger charge is -2.28. The molecule has 0 bridgehead atoms. The predicted octanol–water partition coefficient (Wildman–Crippen LogP) is 5.06. The Balaban J connectivity index is 1.37. The molecule has 1 saturated heterocycles. The van der Waals surface area contributed by atoms with Gasteiger partial charge >= 0.3 is 0 Å². The van der Waals surface area contributed by atoms with Crippen LogP contribution in [0.1, 0.15) is 5.69 Å². The third-order valence-electron chi connectivity index (χ3n) is 5.37. The number of morpholine rings is 1. The monoisotopic (exact) mass is 455 g/mol. The van der Waals surface area contributed by atoms with Crippen LogP contribution in [0.4, 0.5) is 30.4 Å². The van der Waals surface area contributed by atoms with Gasteiger partial charge in [-0.05, 0) is 37.3 Å². The highest BCUT2D eigenvalue weighted by Gasteiger charge is 2.20. The van der Waals surface area contributed by atoms with E-state index in [2.05, 4.69) is 25.2 Å². The highest BCUT2D eigenvalue weighted by molar-refractivity contribution is 5.83. The Morgan fingerprint density at radius 2 is 1.79 bits per heavy atom. The fourth-order valence-electron chi connectivity index (χ4n) is 3.74. The average Bonchev–Trinajstić information content (AvgIpc) is 3.23. The van der Waals surface area contributed by atoms with E-state index in [4.69, 9.17) is 9.47 Å².